The number of nitrogens with zero attached hydrogens (tertiary/aromatic N) is 1. The van der Waals surface area contributed by atoms with Crippen LogP contribution in [-0.4, -0.2) is 22.5 Å². The molecule has 7 heteroatoms. The Balaban J connectivity index is 2.23. The predicted molar refractivity (Wildman–Crippen MR) is 81.8 cm³/mol. The Morgan fingerprint density at radius 2 is 1.95 bits per heavy atom. The Labute approximate surface area is 131 Å². The van der Waals surface area contributed by atoms with E-state index < -0.39 is 16.9 Å². The van der Waals surface area contributed by atoms with E-state index >= 15 is 0 Å². The lowest BCUT2D eigenvalue weighted by atomic mass is 10.1. The molecule has 6 nitrogen and oxygen atoms in total. The number of aliphatic hydroxyl groups is 1. The highest BCUT2D eigenvalue weighted by Crippen LogP contribution is 2.21. The summed E-state index contributed by atoms with van der Waals surface area (Å²) in [6, 6.07) is 12.0. The number of hydrogen-bond donors (Lipinski definition) is 2. The Morgan fingerprint density at radius 1 is 1.27 bits per heavy atom. The molecule has 2 N–H and O–H groups in total. The van der Waals surface area contributed by atoms with Crippen LogP contribution in [0.5, 0.6) is 0 Å². The van der Waals surface area contributed by atoms with E-state index in [2.05, 4.69) is 5.32 Å². The van der Waals surface area contributed by atoms with Crippen molar-refractivity contribution in [2.45, 2.75) is 6.04 Å². The third-order valence-corrected chi connectivity index (χ3v) is 3.26. The van der Waals surface area contributed by atoms with Crippen molar-refractivity contribution in [1.29, 1.82) is 0 Å². The van der Waals surface area contributed by atoms with Crippen LogP contribution in [0.25, 0.3) is 0 Å². The fourth-order valence-electron chi connectivity index (χ4n) is 1.97. The van der Waals surface area contributed by atoms with E-state index in [0.717, 1.165) is 11.6 Å². The quantitative estimate of drug-likeness (QED) is 0.654. The first-order valence-corrected chi connectivity index (χ1v) is 6.80. The van der Waals surface area contributed by atoms with E-state index in [0.29, 0.717) is 0 Å². The molecule has 0 saturated heterocycles. The van der Waals surface area contributed by atoms with Gasteiger partial charge in [0.15, 0.2) is 0 Å². The lowest BCUT2D eigenvalue weighted by Crippen LogP contribution is -2.30. The molecule has 0 saturated carbocycles. The number of carbonyl (C=O) groups excluding carboxylic acids is 1. The third-order valence-electron chi connectivity index (χ3n) is 3.05. The van der Waals surface area contributed by atoms with Gasteiger partial charge in [0.1, 0.15) is 0 Å². The predicted octanol–water partition coefficient (Wildman–Crippen LogP) is 2.71. The molecule has 1 atom stereocenters. The van der Waals surface area contributed by atoms with Crippen LogP contribution in [0, 0.1) is 10.1 Å². The van der Waals surface area contributed by atoms with Crippen LogP contribution in [0.1, 0.15) is 22.0 Å². The molecule has 0 aliphatic heterocycles. The molecule has 0 radical (unpaired) electrons. The maximum Gasteiger partial charge on any atom is 0.271 e. The van der Waals surface area contributed by atoms with E-state index in [1.54, 1.807) is 24.3 Å². The zero-order chi connectivity index (χ0) is 16.1. The van der Waals surface area contributed by atoms with Crippen molar-refractivity contribution in [3.63, 3.8) is 0 Å². The lowest BCUT2D eigenvalue weighted by molar-refractivity contribution is -0.384. The third kappa shape index (κ3) is 3.81. The number of rotatable bonds is 5. The summed E-state index contributed by atoms with van der Waals surface area (Å²) < 4.78 is 0. The molecule has 0 heterocycles. The van der Waals surface area contributed by atoms with Gasteiger partial charge in [-0.1, -0.05) is 41.9 Å². The van der Waals surface area contributed by atoms with Gasteiger partial charge in [-0.3, -0.25) is 14.9 Å². The van der Waals surface area contributed by atoms with E-state index in [-0.39, 0.29) is 22.9 Å². The van der Waals surface area contributed by atoms with Gasteiger partial charge in [0.2, 0.25) is 0 Å². The maximum atomic E-state index is 12.2. The lowest BCUT2D eigenvalue weighted by Gasteiger charge is -2.16. The largest absolute Gasteiger partial charge is 0.394 e. The van der Waals surface area contributed by atoms with Crippen LogP contribution < -0.4 is 5.32 Å². The number of amides is 1. The van der Waals surface area contributed by atoms with Crippen molar-refractivity contribution in [2.24, 2.45) is 0 Å². The maximum absolute atomic E-state index is 12.2. The highest BCUT2D eigenvalue weighted by molar-refractivity contribution is 6.31. The molecular formula is C15H13ClN2O4. The zero-order valence-electron chi connectivity index (χ0n) is 11.4. The summed E-state index contributed by atoms with van der Waals surface area (Å²) in [5, 5.41) is 22.9. The zero-order valence-corrected chi connectivity index (χ0v) is 12.2. The Hall–Kier alpha value is -2.44. The summed E-state index contributed by atoms with van der Waals surface area (Å²) in [5.74, 6) is -0.548. The summed E-state index contributed by atoms with van der Waals surface area (Å²) in [6.07, 6.45) is 0. The van der Waals surface area contributed by atoms with Gasteiger partial charge in [-0.2, -0.15) is 0 Å². The van der Waals surface area contributed by atoms with Crippen LogP contribution in [0.2, 0.25) is 5.02 Å². The number of carbonyl (C=O) groups is 1. The first-order valence-electron chi connectivity index (χ1n) is 6.43. The second-order valence-electron chi connectivity index (χ2n) is 4.57. The van der Waals surface area contributed by atoms with Crippen LogP contribution in [0.4, 0.5) is 5.69 Å². The molecule has 114 valence electrons. The van der Waals surface area contributed by atoms with Crippen LogP contribution in [-0.2, 0) is 0 Å². The average molecular weight is 321 g/mol. The molecule has 2 rings (SSSR count). The number of nitrogens with one attached hydrogen (secondary N) is 1. The van der Waals surface area contributed by atoms with Gasteiger partial charge in [0.25, 0.3) is 11.6 Å². The van der Waals surface area contributed by atoms with Gasteiger partial charge in [-0.25, -0.2) is 0 Å². The fourth-order valence-corrected chi connectivity index (χ4v) is 2.20. The second kappa shape index (κ2) is 7.02. The van der Waals surface area contributed by atoms with Crippen LogP contribution >= 0.6 is 11.6 Å². The van der Waals surface area contributed by atoms with Gasteiger partial charge in [0, 0.05) is 22.7 Å². The van der Waals surface area contributed by atoms with Gasteiger partial charge in [0.05, 0.1) is 17.6 Å². The van der Waals surface area contributed by atoms with E-state index in [4.69, 9.17) is 11.6 Å². The molecule has 2 aromatic carbocycles. The average Bonchev–Trinajstić information content (AvgIpc) is 2.52. The number of hydrogen-bond acceptors (Lipinski definition) is 4. The minimum atomic E-state index is -0.622. The molecule has 1 unspecified atom stereocenters. The molecule has 0 aromatic heterocycles. The van der Waals surface area contributed by atoms with Gasteiger partial charge < -0.3 is 10.4 Å². The SMILES string of the molecule is O=C(NC(CO)c1ccccc1)c1cc(Cl)cc([N+](=O)[O-])c1. The summed E-state index contributed by atoms with van der Waals surface area (Å²) in [7, 11) is 0. The second-order valence-corrected chi connectivity index (χ2v) is 5.01. The molecule has 0 aliphatic rings. The molecular weight excluding hydrogens is 308 g/mol. The van der Waals surface area contributed by atoms with Crippen molar-refractivity contribution in [2.75, 3.05) is 6.61 Å². The molecule has 0 aliphatic carbocycles. The monoisotopic (exact) mass is 320 g/mol. The number of non-ortho nitro benzene ring substituents is 1. The summed E-state index contributed by atoms with van der Waals surface area (Å²) in [4.78, 5) is 22.4. The van der Waals surface area contributed by atoms with E-state index in [9.17, 15) is 20.0 Å². The van der Waals surface area contributed by atoms with Crippen LogP contribution in [0.3, 0.4) is 0 Å². The van der Waals surface area contributed by atoms with Gasteiger partial charge in [-0.05, 0) is 11.6 Å². The molecule has 0 spiro atoms. The molecule has 1 amide bonds. The summed E-state index contributed by atoms with van der Waals surface area (Å²) in [5.41, 5.74) is 0.529. The number of aliphatic hydroxyl groups excluding tert-OH is 1. The normalized spacial score (nSPS) is 11.7. The minimum Gasteiger partial charge on any atom is -0.394 e. The van der Waals surface area contributed by atoms with E-state index in [1.165, 1.54) is 12.1 Å². The summed E-state index contributed by atoms with van der Waals surface area (Å²) >= 11 is 5.79. The number of benzene rings is 2. The Kier molecular flexibility index (Phi) is 5.08. The molecule has 2 aromatic rings. The topological polar surface area (TPSA) is 92.5 Å². The van der Waals surface area contributed by atoms with Crippen molar-refractivity contribution in [1.82, 2.24) is 5.32 Å². The molecule has 0 bridgehead atoms. The summed E-state index contributed by atoms with van der Waals surface area (Å²) in [6.45, 7) is -0.293. The van der Waals surface area contributed by atoms with Crippen molar-refractivity contribution < 1.29 is 14.8 Å². The van der Waals surface area contributed by atoms with E-state index in [1.807, 2.05) is 6.07 Å². The van der Waals surface area contributed by atoms with Crippen molar-refractivity contribution >= 4 is 23.2 Å². The standard InChI is InChI=1S/C15H13ClN2O4/c16-12-6-11(7-13(8-12)18(21)22)15(20)17-14(9-19)10-4-2-1-3-5-10/h1-8,14,19H,9H2,(H,17,20). The van der Waals surface area contributed by atoms with Crippen molar-refractivity contribution in [3.8, 4) is 0 Å². The van der Waals surface area contributed by atoms with Gasteiger partial charge >= 0.3 is 0 Å². The van der Waals surface area contributed by atoms with Gasteiger partial charge in [-0.15, -0.1) is 0 Å². The smallest absolute Gasteiger partial charge is 0.271 e. The first-order chi connectivity index (χ1) is 10.5. The van der Waals surface area contributed by atoms with Crippen molar-refractivity contribution in [3.05, 3.63) is 74.8 Å². The Morgan fingerprint density at radius 3 is 2.55 bits per heavy atom. The number of nitro groups is 1. The molecule has 0 fully saturated rings. The number of halogens is 1. The number of nitro benzene ring substituents is 1. The molecule has 22 heavy (non-hydrogen) atoms. The Bertz CT molecular complexity index is 691. The highest BCUT2D eigenvalue weighted by Gasteiger charge is 2.18. The van der Waals surface area contributed by atoms with Crippen LogP contribution in [0.15, 0.2) is 48.5 Å². The fraction of sp³-hybridized carbons (Fsp3) is 0.133. The highest BCUT2D eigenvalue weighted by atomic mass is 35.5. The minimum absolute atomic E-state index is 0.0635. The first kappa shape index (κ1) is 15.9.